The summed E-state index contributed by atoms with van der Waals surface area (Å²) in [5.74, 6) is 1.56. The molecule has 0 aromatic heterocycles. The van der Waals surface area contributed by atoms with E-state index in [2.05, 4.69) is 26.1 Å². The minimum atomic E-state index is 0.303. The van der Waals surface area contributed by atoms with E-state index in [1.807, 2.05) is 0 Å². The molecule has 0 amide bonds. The summed E-state index contributed by atoms with van der Waals surface area (Å²) in [7, 11) is 0. The second kappa shape index (κ2) is 5.05. The normalized spacial score (nSPS) is 24.8. The predicted molar refractivity (Wildman–Crippen MR) is 67.5 cm³/mol. The van der Waals surface area contributed by atoms with Crippen LogP contribution in [-0.4, -0.2) is 25.8 Å². The van der Waals surface area contributed by atoms with Crippen LogP contribution < -0.4 is 5.32 Å². The smallest absolute Gasteiger partial charge is 0.0534 e. The molecule has 0 aliphatic heterocycles. The van der Waals surface area contributed by atoms with E-state index in [-0.39, 0.29) is 0 Å². The minimum Gasteiger partial charge on any atom is -0.381 e. The van der Waals surface area contributed by atoms with Crippen LogP contribution in [0, 0.1) is 17.3 Å². The lowest BCUT2D eigenvalue weighted by Gasteiger charge is -2.34. The van der Waals surface area contributed by atoms with Gasteiger partial charge in [-0.3, -0.25) is 0 Å². The van der Waals surface area contributed by atoms with Crippen molar-refractivity contribution in [1.82, 2.24) is 5.32 Å². The van der Waals surface area contributed by atoms with Crippen molar-refractivity contribution >= 4 is 0 Å². The Labute approximate surface area is 100 Å². The Morgan fingerprint density at radius 1 is 1.25 bits per heavy atom. The van der Waals surface area contributed by atoms with Gasteiger partial charge >= 0.3 is 0 Å². The average Bonchev–Trinajstić information content (AvgIpc) is 3.09. The minimum absolute atomic E-state index is 0.303. The Morgan fingerprint density at radius 2 is 1.94 bits per heavy atom. The quantitative estimate of drug-likeness (QED) is 0.686. The molecule has 0 saturated heterocycles. The molecule has 0 bridgehead atoms. The molecule has 0 radical (unpaired) electrons. The number of rotatable bonds is 8. The fourth-order valence-electron chi connectivity index (χ4n) is 1.83. The summed E-state index contributed by atoms with van der Waals surface area (Å²) in [6, 6.07) is 0.807. The fraction of sp³-hybridized carbons (Fsp3) is 1.00. The molecule has 0 spiro atoms. The number of ether oxygens (including phenoxy) is 1. The zero-order valence-electron chi connectivity index (χ0n) is 11.1. The molecule has 1 atom stereocenters. The van der Waals surface area contributed by atoms with Gasteiger partial charge in [0.25, 0.3) is 0 Å². The molecule has 0 aromatic rings. The van der Waals surface area contributed by atoms with Gasteiger partial charge in [-0.2, -0.15) is 0 Å². The van der Waals surface area contributed by atoms with Crippen molar-refractivity contribution in [2.75, 3.05) is 19.8 Å². The maximum absolute atomic E-state index is 5.90. The van der Waals surface area contributed by atoms with E-state index >= 15 is 0 Å². The van der Waals surface area contributed by atoms with Gasteiger partial charge in [0.05, 0.1) is 6.61 Å². The lowest BCUT2D eigenvalue weighted by atomic mass is 9.79. The maximum atomic E-state index is 5.90. The van der Waals surface area contributed by atoms with Gasteiger partial charge in [-0.25, -0.2) is 0 Å². The third-order valence-electron chi connectivity index (χ3n) is 4.25. The molecule has 2 heteroatoms. The first kappa shape index (κ1) is 12.4. The molecule has 1 unspecified atom stereocenters. The van der Waals surface area contributed by atoms with E-state index in [0.717, 1.165) is 31.7 Å². The summed E-state index contributed by atoms with van der Waals surface area (Å²) in [5.41, 5.74) is 0.303. The van der Waals surface area contributed by atoms with Crippen LogP contribution in [0.4, 0.5) is 0 Å². The highest BCUT2D eigenvalue weighted by molar-refractivity contribution is 4.87. The van der Waals surface area contributed by atoms with Gasteiger partial charge in [0.2, 0.25) is 0 Å². The molecule has 2 rings (SSSR count). The summed E-state index contributed by atoms with van der Waals surface area (Å²) in [4.78, 5) is 0. The largest absolute Gasteiger partial charge is 0.381 e. The summed E-state index contributed by atoms with van der Waals surface area (Å²) < 4.78 is 5.90. The van der Waals surface area contributed by atoms with Gasteiger partial charge < -0.3 is 10.1 Å². The fourth-order valence-corrected chi connectivity index (χ4v) is 1.83. The molecule has 0 heterocycles. The highest BCUT2D eigenvalue weighted by atomic mass is 16.5. The van der Waals surface area contributed by atoms with Crippen molar-refractivity contribution in [1.29, 1.82) is 0 Å². The van der Waals surface area contributed by atoms with Crippen LogP contribution in [0.25, 0.3) is 0 Å². The summed E-state index contributed by atoms with van der Waals surface area (Å²) in [6.45, 7) is 10.0. The first-order valence-electron chi connectivity index (χ1n) is 6.91. The Morgan fingerprint density at radius 3 is 2.44 bits per heavy atom. The van der Waals surface area contributed by atoms with E-state index in [0.29, 0.717) is 11.3 Å². The van der Waals surface area contributed by atoms with Gasteiger partial charge in [0.1, 0.15) is 0 Å². The number of hydrogen-bond acceptors (Lipinski definition) is 2. The molecule has 16 heavy (non-hydrogen) atoms. The molecular formula is C14H27NO. The van der Waals surface area contributed by atoms with Gasteiger partial charge in [0.15, 0.2) is 0 Å². The Kier molecular flexibility index (Phi) is 3.91. The van der Waals surface area contributed by atoms with Gasteiger partial charge in [-0.05, 0) is 37.5 Å². The highest BCUT2D eigenvalue weighted by Gasteiger charge is 2.32. The van der Waals surface area contributed by atoms with E-state index in [1.165, 1.54) is 25.7 Å². The number of nitrogens with one attached hydrogen (secondary N) is 1. The van der Waals surface area contributed by atoms with E-state index in [1.54, 1.807) is 0 Å². The second-order valence-corrected chi connectivity index (χ2v) is 6.42. The standard InChI is InChI=1S/C14H27NO/c1-11(2)14(3,9-15-13-6-7-13)10-16-8-12-4-5-12/h11-13,15H,4-10H2,1-3H3. The molecule has 2 aliphatic rings. The van der Waals surface area contributed by atoms with Gasteiger partial charge in [-0.15, -0.1) is 0 Å². The first-order chi connectivity index (χ1) is 7.60. The van der Waals surface area contributed by atoms with Crippen molar-refractivity contribution < 1.29 is 4.74 Å². The van der Waals surface area contributed by atoms with Crippen LogP contribution in [0.1, 0.15) is 46.5 Å². The van der Waals surface area contributed by atoms with Crippen molar-refractivity contribution in [2.45, 2.75) is 52.5 Å². The van der Waals surface area contributed by atoms with Crippen molar-refractivity contribution in [3.05, 3.63) is 0 Å². The molecule has 2 saturated carbocycles. The van der Waals surface area contributed by atoms with Gasteiger partial charge in [0, 0.05) is 24.6 Å². The molecule has 1 N–H and O–H groups in total. The topological polar surface area (TPSA) is 21.3 Å². The van der Waals surface area contributed by atoms with Crippen molar-refractivity contribution in [3.8, 4) is 0 Å². The van der Waals surface area contributed by atoms with Crippen LogP contribution in [0.3, 0.4) is 0 Å². The van der Waals surface area contributed by atoms with Crippen molar-refractivity contribution in [3.63, 3.8) is 0 Å². The lowest BCUT2D eigenvalue weighted by molar-refractivity contribution is 0.0214. The summed E-state index contributed by atoms with van der Waals surface area (Å²) in [5, 5.41) is 3.65. The Balaban J connectivity index is 1.70. The van der Waals surface area contributed by atoms with E-state index in [4.69, 9.17) is 4.74 Å². The number of hydrogen-bond donors (Lipinski definition) is 1. The molecule has 2 nitrogen and oxygen atoms in total. The van der Waals surface area contributed by atoms with Gasteiger partial charge in [-0.1, -0.05) is 20.8 Å². The van der Waals surface area contributed by atoms with Crippen molar-refractivity contribution in [2.24, 2.45) is 17.3 Å². The third kappa shape index (κ3) is 3.74. The van der Waals surface area contributed by atoms with Crippen LogP contribution in [0.2, 0.25) is 0 Å². The van der Waals surface area contributed by atoms with Crippen LogP contribution in [0.5, 0.6) is 0 Å². The van der Waals surface area contributed by atoms with Crippen LogP contribution >= 0.6 is 0 Å². The monoisotopic (exact) mass is 225 g/mol. The molecular weight excluding hydrogens is 198 g/mol. The van der Waals surface area contributed by atoms with E-state index < -0.39 is 0 Å². The highest BCUT2D eigenvalue weighted by Crippen LogP contribution is 2.32. The molecule has 2 fully saturated rings. The summed E-state index contributed by atoms with van der Waals surface area (Å²) in [6.07, 6.45) is 5.52. The Bertz CT molecular complexity index is 221. The zero-order valence-corrected chi connectivity index (χ0v) is 11.1. The predicted octanol–water partition coefficient (Wildman–Crippen LogP) is 2.83. The first-order valence-corrected chi connectivity index (χ1v) is 6.91. The SMILES string of the molecule is CC(C)C(C)(CNC1CC1)COCC1CC1. The third-order valence-corrected chi connectivity index (χ3v) is 4.25. The molecule has 0 aromatic carbocycles. The lowest BCUT2D eigenvalue weighted by Crippen LogP contribution is -2.40. The molecule has 2 aliphatic carbocycles. The Hall–Kier alpha value is -0.0800. The van der Waals surface area contributed by atoms with Crippen LogP contribution in [-0.2, 0) is 4.74 Å². The van der Waals surface area contributed by atoms with Crippen LogP contribution in [0.15, 0.2) is 0 Å². The zero-order chi connectivity index (χ0) is 11.6. The second-order valence-electron chi connectivity index (χ2n) is 6.42. The van der Waals surface area contributed by atoms with E-state index in [9.17, 15) is 0 Å². The average molecular weight is 225 g/mol. The molecule has 94 valence electrons. The summed E-state index contributed by atoms with van der Waals surface area (Å²) >= 11 is 0. The maximum Gasteiger partial charge on any atom is 0.0534 e.